The van der Waals surface area contributed by atoms with Gasteiger partial charge in [-0.3, -0.25) is 14.9 Å². The molecule has 0 saturated carbocycles. The minimum atomic E-state index is -0.809. The highest BCUT2D eigenvalue weighted by atomic mass is 79.9. The molecule has 0 radical (unpaired) electrons. The van der Waals surface area contributed by atoms with Crippen molar-refractivity contribution in [3.8, 4) is 11.5 Å². The molecule has 172 valence electrons. The molecule has 3 aromatic carbocycles. The van der Waals surface area contributed by atoms with Gasteiger partial charge in [0.2, 0.25) is 0 Å². The van der Waals surface area contributed by atoms with Gasteiger partial charge in [-0.25, -0.2) is 9.69 Å². The van der Waals surface area contributed by atoms with Gasteiger partial charge in [-0.05, 0) is 65.7 Å². The highest BCUT2D eigenvalue weighted by molar-refractivity contribution is 9.10. The molecule has 0 atom stereocenters. The first kappa shape index (κ1) is 23.5. The fourth-order valence-electron chi connectivity index (χ4n) is 3.33. The van der Waals surface area contributed by atoms with Crippen molar-refractivity contribution in [2.24, 2.45) is 0 Å². The summed E-state index contributed by atoms with van der Waals surface area (Å²) in [5, 5.41) is 2.82. The molecule has 4 rings (SSSR count). The zero-order valence-corrected chi connectivity index (χ0v) is 20.2. The molecule has 34 heavy (non-hydrogen) atoms. The summed E-state index contributed by atoms with van der Waals surface area (Å²) in [6.07, 6.45) is 1.40. The number of hydrogen-bond acceptors (Lipinski definition) is 5. The van der Waals surface area contributed by atoms with Gasteiger partial charge in [0.25, 0.3) is 11.8 Å². The van der Waals surface area contributed by atoms with E-state index < -0.39 is 17.8 Å². The summed E-state index contributed by atoms with van der Waals surface area (Å²) in [6.45, 7) is 0.280. The van der Waals surface area contributed by atoms with E-state index in [0.29, 0.717) is 27.8 Å². The van der Waals surface area contributed by atoms with Crippen LogP contribution in [0.25, 0.3) is 6.08 Å². The van der Waals surface area contributed by atoms with E-state index in [9.17, 15) is 14.4 Å². The number of carbonyl (C=O) groups excluding carboxylic acids is 3. The molecule has 1 heterocycles. The molecule has 1 aliphatic heterocycles. The van der Waals surface area contributed by atoms with Crippen LogP contribution in [-0.4, -0.2) is 25.0 Å². The fraction of sp³-hybridized carbons (Fsp3) is 0.0800. The van der Waals surface area contributed by atoms with Crippen molar-refractivity contribution >= 4 is 57.1 Å². The number of ether oxygens (including phenoxy) is 2. The van der Waals surface area contributed by atoms with Gasteiger partial charge in [-0.15, -0.1) is 0 Å². The van der Waals surface area contributed by atoms with Crippen molar-refractivity contribution in [1.29, 1.82) is 0 Å². The van der Waals surface area contributed by atoms with Crippen LogP contribution in [0.4, 0.5) is 10.5 Å². The van der Waals surface area contributed by atoms with E-state index in [4.69, 9.17) is 21.1 Å². The smallest absolute Gasteiger partial charge is 0.335 e. The molecule has 0 unspecified atom stereocenters. The molecule has 0 aromatic heterocycles. The topological polar surface area (TPSA) is 84.9 Å². The lowest BCUT2D eigenvalue weighted by Gasteiger charge is -2.26. The Morgan fingerprint density at radius 1 is 1.00 bits per heavy atom. The molecule has 0 bridgehead atoms. The number of hydrogen-bond donors (Lipinski definition) is 1. The average molecular weight is 542 g/mol. The third-order valence-electron chi connectivity index (χ3n) is 4.97. The molecule has 1 N–H and O–H groups in total. The Hall–Kier alpha value is -3.62. The van der Waals surface area contributed by atoms with Crippen LogP contribution in [0.15, 0.2) is 76.8 Å². The number of urea groups is 1. The van der Waals surface area contributed by atoms with Crippen LogP contribution in [0.2, 0.25) is 5.02 Å². The number of nitrogens with one attached hydrogen (secondary N) is 1. The second-order valence-corrected chi connectivity index (χ2v) is 8.62. The molecule has 3 aromatic rings. The second-order valence-electron chi connectivity index (χ2n) is 7.26. The predicted molar refractivity (Wildman–Crippen MR) is 132 cm³/mol. The molecule has 7 nitrogen and oxygen atoms in total. The quantitative estimate of drug-likeness (QED) is 0.336. The number of halogens is 2. The first-order valence-electron chi connectivity index (χ1n) is 10.1. The number of benzene rings is 3. The van der Waals surface area contributed by atoms with Crippen LogP contribution in [0.5, 0.6) is 11.5 Å². The Morgan fingerprint density at radius 3 is 2.47 bits per heavy atom. The number of anilines is 1. The van der Waals surface area contributed by atoms with Gasteiger partial charge in [-0.2, -0.15) is 0 Å². The van der Waals surface area contributed by atoms with Crippen LogP contribution >= 0.6 is 27.5 Å². The summed E-state index contributed by atoms with van der Waals surface area (Å²) in [4.78, 5) is 38.7. The van der Waals surface area contributed by atoms with E-state index in [1.54, 1.807) is 54.6 Å². The fourth-order valence-corrected chi connectivity index (χ4v) is 3.81. The molecular formula is C25H18BrClN2O5. The molecule has 1 aliphatic rings. The van der Waals surface area contributed by atoms with E-state index in [1.807, 2.05) is 12.1 Å². The lowest BCUT2D eigenvalue weighted by atomic mass is 10.1. The van der Waals surface area contributed by atoms with Crippen molar-refractivity contribution in [3.05, 3.63) is 92.9 Å². The van der Waals surface area contributed by atoms with Gasteiger partial charge in [0, 0.05) is 9.50 Å². The maximum absolute atomic E-state index is 13.0. The lowest BCUT2D eigenvalue weighted by molar-refractivity contribution is -0.122. The van der Waals surface area contributed by atoms with Crippen molar-refractivity contribution in [2.45, 2.75) is 6.61 Å². The Balaban J connectivity index is 1.59. The minimum Gasteiger partial charge on any atom is -0.493 e. The van der Waals surface area contributed by atoms with Crippen LogP contribution in [-0.2, 0) is 16.2 Å². The normalized spacial score (nSPS) is 14.9. The largest absolute Gasteiger partial charge is 0.493 e. The SMILES string of the molecule is COc1cc(/C=C2\C(=O)NC(=O)N(c3ccc(Br)cc3)C2=O)ccc1OCc1cccc(Cl)c1. The summed E-state index contributed by atoms with van der Waals surface area (Å²) in [5.41, 5.74) is 1.57. The van der Waals surface area contributed by atoms with E-state index in [2.05, 4.69) is 21.2 Å². The van der Waals surface area contributed by atoms with Crippen LogP contribution in [0, 0.1) is 0 Å². The Morgan fingerprint density at radius 2 is 1.76 bits per heavy atom. The third-order valence-corrected chi connectivity index (χ3v) is 5.73. The summed E-state index contributed by atoms with van der Waals surface area (Å²) in [7, 11) is 1.49. The Kier molecular flexibility index (Phi) is 7.00. The van der Waals surface area contributed by atoms with Crippen LogP contribution in [0.3, 0.4) is 0 Å². The molecular weight excluding hydrogens is 524 g/mol. The van der Waals surface area contributed by atoms with Gasteiger partial charge >= 0.3 is 6.03 Å². The third kappa shape index (κ3) is 5.13. The molecule has 1 saturated heterocycles. The minimum absolute atomic E-state index is 0.183. The van der Waals surface area contributed by atoms with Gasteiger partial charge in [-0.1, -0.05) is 45.7 Å². The molecule has 4 amide bonds. The summed E-state index contributed by atoms with van der Waals surface area (Å²) in [5.74, 6) is -0.600. The number of amides is 4. The van der Waals surface area contributed by atoms with E-state index in [0.717, 1.165) is 14.9 Å². The van der Waals surface area contributed by atoms with Crippen molar-refractivity contribution in [2.75, 3.05) is 12.0 Å². The highest BCUT2D eigenvalue weighted by Gasteiger charge is 2.36. The second kappa shape index (κ2) is 10.1. The molecule has 0 aliphatic carbocycles. The standard InChI is InChI=1S/C25H18BrClN2O5/c1-33-22-13-15(5-10-21(22)34-14-16-3-2-4-18(27)11-16)12-20-23(30)28-25(32)29(24(20)31)19-8-6-17(26)7-9-19/h2-13H,14H2,1H3,(H,28,30,32)/b20-12+. The highest BCUT2D eigenvalue weighted by Crippen LogP contribution is 2.31. The molecule has 9 heteroatoms. The zero-order chi connectivity index (χ0) is 24.2. The van der Waals surface area contributed by atoms with Crippen molar-refractivity contribution in [3.63, 3.8) is 0 Å². The monoisotopic (exact) mass is 540 g/mol. The number of methoxy groups -OCH3 is 1. The van der Waals surface area contributed by atoms with Crippen molar-refractivity contribution < 1.29 is 23.9 Å². The number of barbiturate groups is 1. The maximum Gasteiger partial charge on any atom is 0.335 e. The summed E-state index contributed by atoms with van der Waals surface area (Å²) in [6, 6.07) is 18.1. The summed E-state index contributed by atoms with van der Waals surface area (Å²) >= 11 is 9.33. The van der Waals surface area contributed by atoms with Crippen LogP contribution in [0.1, 0.15) is 11.1 Å². The van der Waals surface area contributed by atoms with E-state index >= 15 is 0 Å². The van der Waals surface area contributed by atoms with Gasteiger partial charge in [0.05, 0.1) is 12.8 Å². The average Bonchev–Trinajstić information content (AvgIpc) is 2.82. The van der Waals surface area contributed by atoms with Gasteiger partial charge < -0.3 is 9.47 Å². The zero-order valence-electron chi connectivity index (χ0n) is 17.9. The number of carbonyl (C=O) groups is 3. The predicted octanol–water partition coefficient (Wildman–Crippen LogP) is 5.36. The Bertz CT molecular complexity index is 1310. The number of nitrogens with zero attached hydrogens (tertiary/aromatic N) is 1. The maximum atomic E-state index is 13.0. The Labute approximate surface area is 209 Å². The van der Waals surface area contributed by atoms with E-state index in [-0.39, 0.29) is 12.2 Å². The first-order chi connectivity index (χ1) is 16.4. The van der Waals surface area contributed by atoms with E-state index in [1.165, 1.54) is 13.2 Å². The number of rotatable bonds is 6. The van der Waals surface area contributed by atoms with Crippen LogP contribution < -0.4 is 19.7 Å². The van der Waals surface area contributed by atoms with Crippen molar-refractivity contribution in [1.82, 2.24) is 5.32 Å². The molecule has 0 spiro atoms. The van der Waals surface area contributed by atoms with Gasteiger partial charge in [0.15, 0.2) is 11.5 Å². The molecule has 1 fully saturated rings. The summed E-state index contributed by atoms with van der Waals surface area (Å²) < 4.78 is 12.1. The van der Waals surface area contributed by atoms with Gasteiger partial charge in [0.1, 0.15) is 12.2 Å². The first-order valence-corrected chi connectivity index (χ1v) is 11.2. The number of imide groups is 2. The lowest BCUT2D eigenvalue weighted by Crippen LogP contribution is -2.54.